The van der Waals surface area contributed by atoms with E-state index in [1.54, 1.807) is 17.1 Å². The van der Waals surface area contributed by atoms with E-state index < -0.39 is 0 Å². The number of carbonyl (C=O) groups is 1. The van der Waals surface area contributed by atoms with Gasteiger partial charge in [0.15, 0.2) is 0 Å². The van der Waals surface area contributed by atoms with Crippen LogP contribution in [0, 0.1) is 5.92 Å². The third kappa shape index (κ3) is 2.67. The molecule has 0 saturated carbocycles. The Kier molecular flexibility index (Phi) is 3.69. The summed E-state index contributed by atoms with van der Waals surface area (Å²) in [4.78, 5) is 12.8. The van der Waals surface area contributed by atoms with Crippen LogP contribution in [-0.2, 0) is 23.0 Å². The molecule has 1 amide bonds. The lowest BCUT2D eigenvalue weighted by molar-refractivity contribution is -0.127. The number of carbonyl (C=O) groups excluding carboxylic acids is 1. The summed E-state index contributed by atoms with van der Waals surface area (Å²) in [6, 6.07) is 2.03. The van der Waals surface area contributed by atoms with Gasteiger partial charge in [0.25, 0.3) is 0 Å². The first kappa shape index (κ1) is 14.5. The van der Waals surface area contributed by atoms with Gasteiger partial charge >= 0.3 is 0 Å². The molecule has 1 unspecified atom stereocenters. The molecule has 0 bridgehead atoms. The molecule has 1 fully saturated rings. The number of hydrogen-bond acceptors (Lipinski definition) is 4. The van der Waals surface area contributed by atoms with Gasteiger partial charge in [-0.25, -0.2) is 0 Å². The Hall–Kier alpha value is -2.08. The van der Waals surface area contributed by atoms with Crippen molar-refractivity contribution < 1.29 is 13.9 Å². The Labute approximate surface area is 134 Å². The highest BCUT2D eigenvalue weighted by atomic mass is 16.5. The average Bonchev–Trinajstić information content (AvgIpc) is 3.26. The van der Waals surface area contributed by atoms with Crippen molar-refractivity contribution in [3.05, 3.63) is 41.6 Å². The maximum Gasteiger partial charge on any atom is 0.226 e. The number of aryl methyl sites for hydroxylation is 2. The van der Waals surface area contributed by atoms with Crippen molar-refractivity contribution >= 4 is 5.91 Å². The predicted octanol–water partition coefficient (Wildman–Crippen LogP) is 2.28. The fourth-order valence-corrected chi connectivity index (χ4v) is 3.69. The Bertz CT molecular complexity index is 706. The molecule has 1 aliphatic heterocycles. The van der Waals surface area contributed by atoms with E-state index in [9.17, 15) is 4.79 Å². The number of nitrogens with one attached hydrogen (secondary N) is 1. The fourth-order valence-electron chi connectivity index (χ4n) is 3.69. The van der Waals surface area contributed by atoms with Crippen LogP contribution in [0.5, 0.6) is 0 Å². The highest BCUT2D eigenvalue weighted by Gasteiger charge is 2.37. The number of rotatable bonds is 3. The molecule has 1 N–H and O–H groups in total. The second-order valence-corrected chi connectivity index (χ2v) is 6.39. The smallest absolute Gasteiger partial charge is 0.226 e. The van der Waals surface area contributed by atoms with Crippen LogP contribution in [-0.4, -0.2) is 22.3 Å². The summed E-state index contributed by atoms with van der Waals surface area (Å²) in [5.74, 6) is 0.917. The van der Waals surface area contributed by atoms with E-state index in [1.165, 1.54) is 0 Å². The lowest BCUT2D eigenvalue weighted by atomic mass is 9.91. The van der Waals surface area contributed by atoms with E-state index in [1.807, 2.05) is 19.3 Å². The zero-order chi connectivity index (χ0) is 15.8. The molecule has 0 radical (unpaired) electrons. The molecule has 122 valence electrons. The third-order valence-corrected chi connectivity index (χ3v) is 4.85. The number of ether oxygens (including phenoxy) is 1. The van der Waals surface area contributed by atoms with Gasteiger partial charge < -0.3 is 14.5 Å². The first-order valence-electron chi connectivity index (χ1n) is 8.19. The van der Waals surface area contributed by atoms with Crippen LogP contribution in [0.3, 0.4) is 0 Å². The highest BCUT2D eigenvalue weighted by Crippen LogP contribution is 2.36. The van der Waals surface area contributed by atoms with Crippen molar-refractivity contribution in [1.82, 2.24) is 15.1 Å². The van der Waals surface area contributed by atoms with Gasteiger partial charge in [-0.05, 0) is 25.3 Å². The van der Waals surface area contributed by atoms with E-state index >= 15 is 0 Å². The molecule has 2 aromatic heterocycles. The average molecular weight is 315 g/mol. The first-order valence-corrected chi connectivity index (χ1v) is 8.19. The minimum Gasteiger partial charge on any atom is -0.469 e. The monoisotopic (exact) mass is 315 g/mol. The van der Waals surface area contributed by atoms with E-state index in [4.69, 9.17) is 9.15 Å². The number of furan rings is 1. The second-order valence-electron chi connectivity index (χ2n) is 6.39. The number of amides is 1. The van der Waals surface area contributed by atoms with Crippen LogP contribution in [0.1, 0.15) is 48.3 Å². The van der Waals surface area contributed by atoms with Crippen LogP contribution < -0.4 is 5.32 Å². The molecule has 2 aromatic rings. The van der Waals surface area contributed by atoms with Gasteiger partial charge in [-0.1, -0.05) is 0 Å². The SMILES string of the molecule is Cn1cc([C@H]2OCC[C@@H]2C(=O)NC2CCCc3occc32)cn1. The van der Waals surface area contributed by atoms with Gasteiger partial charge in [-0.3, -0.25) is 9.48 Å². The highest BCUT2D eigenvalue weighted by molar-refractivity contribution is 5.80. The van der Waals surface area contributed by atoms with Crippen LogP contribution >= 0.6 is 0 Å². The van der Waals surface area contributed by atoms with Crippen molar-refractivity contribution in [2.75, 3.05) is 6.61 Å². The quantitative estimate of drug-likeness (QED) is 0.943. The summed E-state index contributed by atoms with van der Waals surface area (Å²) in [6.07, 6.45) is 8.93. The van der Waals surface area contributed by atoms with Crippen molar-refractivity contribution in [3.8, 4) is 0 Å². The van der Waals surface area contributed by atoms with E-state index in [-0.39, 0.29) is 24.0 Å². The van der Waals surface area contributed by atoms with Crippen LogP contribution in [0.2, 0.25) is 0 Å². The summed E-state index contributed by atoms with van der Waals surface area (Å²) in [5.41, 5.74) is 2.10. The topological polar surface area (TPSA) is 69.3 Å². The molecule has 3 heterocycles. The summed E-state index contributed by atoms with van der Waals surface area (Å²) in [5, 5.41) is 7.39. The van der Waals surface area contributed by atoms with Gasteiger partial charge in [0.05, 0.1) is 30.5 Å². The van der Waals surface area contributed by atoms with Gasteiger partial charge in [-0.15, -0.1) is 0 Å². The molecule has 3 atom stereocenters. The van der Waals surface area contributed by atoms with Gasteiger partial charge in [0.2, 0.25) is 5.91 Å². The molecule has 2 aliphatic rings. The Morgan fingerprint density at radius 1 is 1.43 bits per heavy atom. The lowest BCUT2D eigenvalue weighted by Gasteiger charge is -2.25. The molecule has 23 heavy (non-hydrogen) atoms. The molecule has 6 heteroatoms. The molecule has 4 rings (SSSR count). The van der Waals surface area contributed by atoms with E-state index in [0.29, 0.717) is 6.61 Å². The van der Waals surface area contributed by atoms with Crippen LogP contribution in [0.25, 0.3) is 0 Å². The minimum atomic E-state index is -0.198. The van der Waals surface area contributed by atoms with Crippen molar-refractivity contribution in [2.45, 2.75) is 37.8 Å². The zero-order valence-electron chi connectivity index (χ0n) is 13.2. The van der Waals surface area contributed by atoms with E-state index in [0.717, 1.165) is 42.6 Å². The Morgan fingerprint density at radius 3 is 3.17 bits per heavy atom. The van der Waals surface area contributed by atoms with E-state index in [2.05, 4.69) is 10.4 Å². The van der Waals surface area contributed by atoms with Gasteiger partial charge in [-0.2, -0.15) is 5.10 Å². The van der Waals surface area contributed by atoms with Crippen LogP contribution in [0.4, 0.5) is 0 Å². The molecule has 1 saturated heterocycles. The van der Waals surface area contributed by atoms with Gasteiger partial charge in [0, 0.05) is 37.4 Å². The number of aromatic nitrogens is 2. The molecule has 0 aromatic carbocycles. The molecule has 0 spiro atoms. The Balaban J connectivity index is 1.49. The Morgan fingerprint density at radius 2 is 2.35 bits per heavy atom. The summed E-state index contributed by atoms with van der Waals surface area (Å²) >= 11 is 0. The molecular weight excluding hydrogens is 294 g/mol. The summed E-state index contributed by atoms with van der Waals surface area (Å²) < 4.78 is 13.0. The number of hydrogen-bond donors (Lipinski definition) is 1. The standard InChI is InChI=1S/C17H21N3O3/c1-20-10-11(9-18-20)16-13(6-8-23-16)17(21)19-14-3-2-4-15-12(14)5-7-22-15/h5,7,9-10,13-14,16H,2-4,6,8H2,1H3,(H,19,21)/t13-,14?,16+/m0/s1. The number of nitrogens with zero attached hydrogens (tertiary/aromatic N) is 2. The second kappa shape index (κ2) is 5.85. The molecule has 6 nitrogen and oxygen atoms in total. The molecular formula is C17H21N3O3. The zero-order valence-corrected chi connectivity index (χ0v) is 13.2. The normalized spacial score (nSPS) is 26.9. The number of fused-ring (bicyclic) bond motifs is 1. The summed E-state index contributed by atoms with van der Waals surface area (Å²) in [7, 11) is 1.87. The predicted molar refractivity (Wildman–Crippen MR) is 82.5 cm³/mol. The lowest BCUT2D eigenvalue weighted by Crippen LogP contribution is -2.36. The third-order valence-electron chi connectivity index (χ3n) is 4.85. The first-order chi connectivity index (χ1) is 11.2. The van der Waals surface area contributed by atoms with Gasteiger partial charge in [0.1, 0.15) is 5.76 Å². The van der Waals surface area contributed by atoms with Crippen molar-refractivity contribution in [2.24, 2.45) is 13.0 Å². The van der Waals surface area contributed by atoms with Crippen molar-refractivity contribution in [3.63, 3.8) is 0 Å². The molecule has 1 aliphatic carbocycles. The van der Waals surface area contributed by atoms with Crippen molar-refractivity contribution in [1.29, 1.82) is 0 Å². The maximum absolute atomic E-state index is 12.8. The fraction of sp³-hybridized carbons (Fsp3) is 0.529. The summed E-state index contributed by atoms with van der Waals surface area (Å²) in [6.45, 7) is 0.610. The minimum absolute atomic E-state index is 0.0557. The van der Waals surface area contributed by atoms with Crippen LogP contribution in [0.15, 0.2) is 29.1 Å². The maximum atomic E-state index is 12.8. The largest absolute Gasteiger partial charge is 0.469 e.